The molecule has 1 fully saturated rings. The predicted octanol–water partition coefficient (Wildman–Crippen LogP) is 5.08. The highest BCUT2D eigenvalue weighted by Crippen LogP contribution is 2.48. The molecule has 1 spiro atoms. The van der Waals surface area contributed by atoms with E-state index in [2.05, 4.69) is 11.4 Å². The highest BCUT2D eigenvalue weighted by atomic mass is 16.3. The zero-order valence-corrected chi connectivity index (χ0v) is 16.7. The van der Waals surface area contributed by atoms with Crippen molar-refractivity contribution in [1.29, 1.82) is 5.26 Å². The summed E-state index contributed by atoms with van der Waals surface area (Å²) in [5.74, 6) is 0.758. The Kier molecular flexibility index (Phi) is 4.36. The Morgan fingerprint density at radius 2 is 1.70 bits per heavy atom. The second-order valence-electron chi connectivity index (χ2n) is 8.23. The zero-order valence-electron chi connectivity index (χ0n) is 16.7. The number of nitrogens with one attached hydrogen (secondary N) is 1. The first kappa shape index (κ1) is 18.5. The molecule has 0 saturated heterocycles. The quantitative estimate of drug-likeness (QED) is 0.669. The van der Waals surface area contributed by atoms with E-state index in [1.54, 1.807) is 6.26 Å². The van der Waals surface area contributed by atoms with Gasteiger partial charge in [-0.1, -0.05) is 42.5 Å². The number of anilines is 1. The van der Waals surface area contributed by atoms with Crippen LogP contribution in [0, 0.1) is 11.3 Å². The van der Waals surface area contributed by atoms with E-state index in [1.165, 1.54) is 0 Å². The average molecular weight is 397 g/mol. The lowest BCUT2D eigenvalue weighted by atomic mass is 9.66. The van der Waals surface area contributed by atoms with Crippen LogP contribution in [-0.4, -0.2) is 16.5 Å². The van der Waals surface area contributed by atoms with Gasteiger partial charge in [-0.25, -0.2) is 0 Å². The molecule has 1 saturated carbocycles. The van der Waals surface area contributed by atoms with Crippen molar-refractivity contribution in [2.24, 2.45) is 0 Å². The Morgan fingerprint density at radius 3 is 2.40 bits per heavy atom. The van der Waals surface area contributed by atoms with Gasteiger partial charge in [-0.2, -0.15) is 5.26 Å². The number of rotatable bonds is 3. The number of benzene rings is 2. The van der Waals surface area contributed by atoms with E-state index in [-0.39, 0.29) is 5.91 Å². The summed E-state index contributed by atoms with van der Waals surface area (Å²) in [7, 11) is 0. The molecule has 2 heterocycles. The minimum absolute atomic E-state index is 0.00455. The molecular formula is C25H23N3O2. The van der Waals surface area contributed by atoms with Gasteiger partial charge in [-0.3, -0.25) is 4.79 Å². The van der Waals surface area contributed by atoms with Crippen LogP contribution < -0.4 is 5.32 Å². The number of amides is 1. The monoisotopic (exact) mass is 397 g/mol. The van der Waals surface area contributed by atoms with Crippen LogP contribution in [0.1, 0.15) is 47.4 Å². The number of hydrogen-bond donors (Lipinski definition) is 1. The Bertz CT molecular complexity index is 1090. The molecule has 5 rings (SSSR count). The van der Waals surface area contributed by atoms with Crippen LogP contribution in [0.2, 0.25) is 0 Å². The molecule has 0 unspecified atom stereocenters. The van der Waals surface area contributed by atoms with Crippen molar-refractivity contribution in [3.63, 3.8) is 0 Å². The minimum atomic E-state index is -0.534. The smallest absolute Gasteiger partial charge is 0.258 e. The van der Waals surface area contributed by atoms with Gasteiger partial charge in [0.2, 0.25) is 0 Å². The highest BCUT2D eigenvalue weighted by molar-refractivity contribution is 6.02. The van der Waals surface area contributed by atoms with Gasteiger partial charge < -0.3 is 14.6 Å². The molecule has 0 radical (unpaired) electrons. The van der Waals surface area contributed by atoms with Crippen LogP contribution in [0.5, 0.6) is 0 Å². The second-order valence-corrected chi connectivity index (χ2v) is 8.23. The molecular weight excluding hydrogens is 374 g/mol. The Hall–Kier alpha value is -3.52. The average Bonchev–Trinajstić information content (AvgIpc) is 3.32. The minimum Gasteiger partial charge on any atom is -0.467 e. The number of carbonyl (C=O) groups excluding carboxylic acids is 1. The number of nitrogens with zero attached hydrogens (tertiary/aromatic N) is 2. The van der Waals surface area contributed by atoms with Gasteiger partial charge in [0.1, 0.15) is 11.4 Å². The largest absolute Gasteiger partial charge is 0.467 e. The first-order chi connectivity index (χ1) is 14.7. The van der Waals surface area contributed by atoms with Crippen LogP contribution in [0.25, 0.3) is 0 Å². The van der Waals surface area contributed by atoms with Crippen molar-refractivity contribution >= 4 is 11.6 Å². The van der Waals surface area contributed by atoms with Crippen molar-refractivity contribution < 1.29 is 9.21 Å². The summed E-state index contributed by atoms with van der Waals surface area (Å²) in [6.45, 7) is 0.401. The first-order valence-electron chi connectivity index (χ1n) is 10.3. The van der Waals surface area contributed by atoms with Crippen LogP contribution in [0.3, 0.4) is 0 Å². The summed E-state index contributed by atoms with van der Waals surface area (Å²) in [5, 5.41) is 13.8. The van der Waals surface area contributed by atoms with Gasteiger partial charge in [0.25, 0.3) is 5.91 Å². The summed E-state index contributed by atoms with van der Waals surface area (Å²) in [6.07, 6.45) is 4.39. The van der Waals surface area contributed by atoms with Gasteiger partial charge in [0.15, 0.2) is 0 Å². The van der Waals surface area contributed by atoms with E-state index in [0.29, 0.717) is 37.8 Å². The van der Waals surface area contributed by atoms with Crippen LogP contribution >= 0.6 is 0 Å². The van der Waals surface area contributed by atoms with Gasteiger partial charge in [0.05, 0.1) is 29.9 Å². The van der Waals surface area contributed by atoms with Crippen molar-refractivity contribution in [2.45, 2.75) is 43.3 Å². The maximum Gasteiger partial charge on any atom is 0.258 e. The molecule has 1 aromatic heterocycles. The number of fused-ring (bicyclic) bond motifs is 1. The Labute approximate surface area is 175 Å². The molecule has 3 aromatic rings. The number of para-hydroxylation sites is 1. The molecule has 1 aliphatic carbocycles. The summed E-state index contributed by atoms with van der Waals surface area (Å²) in [6, 6.07) is 24.0. The lowest BCUT2D eigenvalue weighted by Crippen LogP contribution is -2.62. The van der Waals surface area contributed by atoms with E-state index in [9.17, 15) is 10.1 Å². The summed E-state index contributed by atoms with van der Waals surface area (Å²) in [4.78, 5) is 15.4. The molecule has 30 heavy (non-hydrogen) atoms. The Balaban J connectivity index is 1.51. The number of carbonyl (C=O) groups is 1. The fraction of sp³-hybridized carbons (Fsp3) is 0.280. The molecule has 5 nitrogen and oxygen atoms in total. The molecule has 0 atom stereocenters. The summed E-state index contributed by atoms with van der Waals surface area (Å²) in [5.41, 5.74) is 1.54. The summed E-state index contributed by atoms with van der Waals surface area (Å²) < 4.78 is 5.56. The normalized spacial score (nSPS) is 25.4. The Morgan fingerprint density at radius 1 is 0.967 bits per heavy atom. The van der Waals surface area contributed by atoms with Crippen LogP contribution in [-0.2, 0) is 12.0 Å². The molecule has 1 N–H and O–H groups in total. The predicted molar refractivity (Wildman–Crippen MR) is 114 cm³/mol. The van der Waals surface area contributed by atoms with Gasteiger partial charge >= 0.3 is 0 Å². The fourth-order valence-corrected chi connectivity index (χ4v) is 4.93. The van der Waals surface area contributed by atoms with Crippen molar-refractivity contribution in [2.75, 3.05) is 5.32 Å². The van der Waals surface area contributed by atoms with E-state index in [1.807, 2.05) is 71.6 Å². The van der Waals surface area contributed by atoms with E-state index in [4.69, 9.17) is 4.42 Å². The van der Waals surface area contributed by atoms with Gasteiger partial charge in [-0.05, 0) is 55.5 Å². The van der Waals surface area contributed by atoms with E-state index in [0.717, 1.165) is 17.0 Å². The third-order valence-electron chi connectivity index (χ3n) is 6.65. The maximum absolute atomic E-state index is 13.5. The molecule has 0 bridgehead atoms. The second kappa shape index (κ2) is 7.07. The van der Waals surface area contributed by atoms with Crippen molar-refractivity contribution in [3.8, 4) is 6.07 Å². The lowest BCUT2D eigenvalue weighted by Gasteiger charge is -2.53. The topological polar surface area (TPSA) is 69.3 Å². The molecule has 2 aliphatic rings. The summed E-state index contributed by atoms with van der Waals surface area (Å²) >= 11 is 0. The molecule has 1 aliphatic heterocycles. The number of hydrogen-bond acceptors (Lipinski definition) is 4. The standard InChI is InChI=1S/C25H23N3O2/c26-18-24(19-7-2-1-3-8-19)12-14-25(15-13-24)27-22-11-5-4-10-21(22)23(29)28(25)17-20-9-6-16-30-20/h1-11,16,27H,12-15,17H2. The SMILES string of the molecule is N#CC1(c2ccccc2)CCC2(CC1)Nc1ccccc1C(=O)N2Cc1ccco1. The lowest BCUT2D eigenvalue weighted by molar-refractivity contribution is 0.0283. The molecule has 5 heteroatoms. The van der Waals surface area contributed by atoms with Crippen molar-refractivity contribution in [1.82, 2.24) is 4.90 Å². The maximum atomic E-state index is 13.5. The number of nitriles is 1. The van der Waals surface area contributed by atoms with Crippen LogP contribution in [0.15, 0.2) is 77.4 Å². The third kappa shape index (κ3) is 2.88. The fourth-order valence-electron chi connectivity index (χ4n) is 4.93. The zero-order chi connectivity index (χ0) is 20.6. The van der Waals surface area contributed by atoms with Gasteiger partial charge in [0, 0.05) is 5.69 Å². The van der Waals surface area contributed by atoms with Gasteiger partial charge in [-0.15, -0.1) is 0 Å². The highest BCUT2D eigenvalue weighted by Gasteiger charge is 2.51. The molecule has 2 aromatic carbocycles. The first-order valence-corrected chi connectivity index (χ1v) is 10.3. The molecule has 150 valence electrons. The van der Waals surface area contributed by atoms with Crippen LogP contribution in [0.4, 0.5) is 5.69 Å². The van der Waals surface area contributed by atoms with Crippen molar-refractivity contribution in [3.05, 3.63) is 89.9 Å². The van der Waals surface area contributed by atoms with E-state index < -0.39 is 11.1 Å². The third-order valence-corrected chi connectivity index (χ3v) is 6.65. The number of furan rings is 1. The van der Waals surface area contributed by atoms with E-state index >= 15 is 0 Å². The molecule has 1 amide bonds.